The Balaban J connectivity index is 1.82. The number of hydrogen-bond acceptors (Lipinski definition) is 6. The zero-order chi connectivity index (χ0) is 27.4. The fourth-order valence-electron chi connectivity index (χ4n) is 4.39. The number of rotatable bonds is 9. The lowest BCUT2D eigenvalue weighted by Crippen LogP contribution is -2.29. The zero-order valence-corrected chi connectivity index (χ0v) is 22.5. The molecule has 4 rings (SSSR count). The van der Waals surface area contributed by atoms with Crippen LogP contribution in [0.25, 0.3) is 5.76 Å². The first kappa shape index (κ1) is 26.8. The largest absolute Gasteiger partial charge is 0.507 e. The SMILES string of the molecule is CCOc1cccc(C2/C(=C(/O)c3ccc(OCC(C)C)cc3)C(=O)C(=O)N2c2ccc(N(C)C)cc2)c1. The highest BCUT2D eigenvalue weighted by molar-refractivity contribution is 6.51. The molecule has 1 amide bonds. The monoisotopic (exact) mass is 514 g/mol. The molecule has 1 N–H and O–H groups in total. The van der Waals surface area contributed by atoms with Crippen molar-refractivity contribution in [1.29, 1.82) is 0 Å². The van der Waals surface area contributed by atoms with Gasteiger partial charge < -0.3 is 19.5 Å². The summed E-state index contributed by atoms with van der Waals surface area (Å²) in [5.74, 6) is -0.0295. The molecule has 7 nitrogen and oxygen atoms in total. The van der Waals surface area contributed by atoms with Crippen LogP contribution in [-0.2, 0) is 9.59 Å². The second-order valence-corrected chi connectivity index (χ2v) is 9.81. The van der Waals surface area contributed by atoms with Crippen LogP contribution in [0.3, 0.4) is 0 Å². The minimum Gasteiger partial charge on any atom is -0.507 e. The molecule has 1 atom stereocenters. The van der Waals surface area contributed by atoms with Crippen molar-refractivity contribution < 1.29 is 24.2 Å². The van der Waals surface area contributed by atoms with Gasteiger partial charge in [0.25, 0.3) is 11.7 Å². The Kier molecular flexibility index (Phi) is 8.05. The summed E-state index contributed by atoms with van der Waals surface area (Å²) < 4.78 is 11.4. The van der Waals surface area contributed by atoms with Crippen molar-refractivity contribution in [2.45, 2.75) is 26.8 Å². The predicted molar refractivity (Wildman–Crippen MR) is 150 cm³/mol. The van der Waals surface area contributed by atoms with Crippen LogP contribution in [0.2, 0.25) is 0 Å². The van der Waals surface area contributed by atoms with Crippen LogP contribution in [0.15, 0.2) is 78.4 Å². The molecule has 1 heterocycles. The van der Waals surface area contributed by atoms with Gasteiger partial charge in [-0.2, -0.15) is 0 Å². The lowest BCUT2D eigenvalue weighted by Gasteiger charge is -2.26. The summed E-state index contributed by atoms with van der Waals surface area (Å²) in [4.78, 5) is 30.3. The normalized spacial score (nSPS) is 16.7. The molecule has 198 valence electrons. The minimum absolute atomic E-state index is 0.0242. The van der Waals surface area contributed by atoms with E-state index in [0.29, 0.717) is 47.4 Å². The maximum atomic E-state index is 13.4. The molecule has 38 heavy (non-hydrogen) atoms. The van der Waals surface area contributed by atoms with Gasteiger partial charge in [-0.1, -0.05) is 26.0 Å². The van der Waals surface area contributed by atoms with Crippen molar-refractivity contribution in [3.63, 3.8) is 0 Å². The van der Waals surface area contributed by atoms with Gasteiger partial charge in [-0.05, 0) is 79.1 Å². The van der Waals surface area contributed by atoms with E-state index in [2.05, 4.69) is 13.8 Å². The summed E-state index contributed by atoms with van der Waals surface area (Å²) in [7, 11) is 3.86. The Morgan fingerprint density at radius 1 is 0.947 bits per heavy atom. The molecule has 1 fully saturated rings. The molecule has 7 heteroatoms. The molecule has 0 aromatic heterocycles. The van der Waals surface area contributed by atoms with Crippen LogP contribution in [0, 0.1) is 5.92 Å². The number of ketones is 1. The smallest absolute Gasteiger partial charge is 0.300 e. The van der Waals surface area contributed by atoms with Crippen molar-refractivity contribution in [1.82, 2.24) is 0 Å². The van der Waals surface area contributed by atoms with Gasteiger partial charge in [0.2, 0.25) is 0 Å². The number of ether oxygens (including phenoxy) is 2. The summed E-state index contributed by atoms with van der Waals surface area (Å²) in [5.41, 5.74) is 2.62. The highest BCUT2D eigenvalue weighted by atomic mass is 16.5. The number of nitrogens with zero attached hydrogens (tertiary/aromatic N) is 2. The summed E-state index contributed by atoms with van der Waals surface area (Å²) in [6.07, 6.45) is 0. The molecule has 3 aromatic carbocycles. The van der Waals surface area contributed by atoms with E-state index >= 15 is 0 Å². The van der Waals surface area contributed by atoms with Gasteiger partial charge in [-0.15, -0.1) is 0 Å². The molecule has 0 aliphatic carbocycles. The van der Waals surface area contributed by atoms with Crippen LogP contribution in [0.1, 0.15) is 37.9 Å². The fraction of sp³-hybridized carbons (Fsp3) is 0.290. The number of Topliss-reactive ketones (excluding diaryl/α,β-unsaturated/α-hetero) is 1. The van der Waals surface area contributed by atoms with Crippen LogP contribution in [0.5, 0.6) is 11.5 Å². The molecule has 1 saturated heterocycles. The summed E-state index contributed by atoms with van der Waals surface area (Å²) in [6.45, 7) is 7.06. The molecule has 1 aliphatic rings. The topological polar surface area (TPSA) is 79.3 Å². The number of carbonyl (C=O) groups is 2. The highest BCUT2D eigenvalue weighted by Gasteiger charge is 2.47. The Bertz CT molecular complexity index is 1330. The van der Waals surface area contributed by atoms with Crippen molar-refractivity contribution >= 4 is 28.8 Å². The van der Waals surface area contributed by atoms with E-state index in [0.717, 1.165) is 5.69 Å². The van der Waals surface area contributed by atoms with Crippen molar-refractivity contribution in [3.8, 4) is 11.5 Å². The summed E-state index contributed by atoms with van der Waals surface area (Å²) >= 11 is 0. The second kappa shape index (κ2) is 11.4. The molecule has 1 aliphatic heterocycles. The highest BCUT2D eigenvalue weighted by Crippen LogP contribution is 2.43. The van der Waals surface area contributed by atoms with Crippen LogP contribution >= 0.6 is 0 Å². The van der Waals surface area contributed by atoms with Crippen molar-refractivity contribution in [2.24, 2.45) is 5.92 Å². The van der Waals surface area contributed by atoms with Gasteiger partial charge in [-0.25, -0.2) is 0 Å². The lowest BCUT2D eigenvalue weighted by molar-refractivity contribution is -0.132. The maximum Gasteiger partial charge on any atom is 0.300 e. The first-order valence-corrected chi connectivity index (χ1v) is 12.8. The van der Waals surface area contributed by atoms with E-state index in [-0.39, 0.29) is 11.3 Å². The first-order chi connectivity index (χ1) is 18.2. The predicted octanol–water partition coefficient (Wildman–Crippen LogP) is 5.81. The first-order valence-electron chi connectivity index (χ1n) is 12.8. The number of aliphatic hydroxyl groups excluding tert-OH is 1. The van der Waals surface area contributed by atoms with Crippen molar-refractivity contribution in [3.05, 3.63) is 89.5 Å². The third-order valence-electron chi connectivity index (χ3n) is 6.28. The van der Waals surface area contributed by atoms with E-state index in [1.165, 1.54) is 4.90 Å². The Hall–Kier alpha value is -4.26. The van der Waals surface area contributed by atoms with Gasteiger partial charge in [0.1, 0.15) is 17.3 Å². The number of anilines is 2. The van der Waals surface area contributed by atoms with Crippen LogP contribution in [-0.4, -0.2) is 44.1 Å². The molecule has 0 radical (unpaired) electrons. The second-order valence-electron chi connectivity index (χ2n) is 9.81. The minimum atomic E-state index is -0.836. The number of hydrogen-bond donors (Lipinski definition) is 1. The average molecular weight is 515 g/mol. The zero-order valence-electron chi connectivity index (χ0n) is 22.5. The summed E-state index contributed by atoms with van der Waals surface area (Å²) in [6, 6.07) is 20.7. The standard InChI is InChI=1S/C31H34N2O5/c1-6-37-26-9-7-8-22(18-26)28-27(29(34)21-10-16-25(17-11-21)38-19-20(2)3)30(35)31(36)33(28)24-14-12-23(13-15-24)32(4)5/h7-18,20,28,34H,6,19H2,1-5H3/b29-27-. The quantitative estimate of drug-likeness (QED) is 0.220. The molecule has 3 aromatic rings. The summed E-state index contributed by atoms with van der Waals surface area (Å²) in [5, 5.41) is 11.4. The van der Waals surface area contributed by atoms with E-state index in [9.17, 15) is 14.7 Å². The average Bonchev–Trinajstić information content (AvgIpc) is 3.18. The fourth-order valence-corrected chi connectivity index (χ4v) is 4.39. The van der Waals surface area contributed by atoms with Crippen LogP contribution < -0.4 is 19.3 Å². The molecular formula is C31H34N2O5. The number of amides is 1. The van der Waals surface area contributed by atoms with Gasteiger partial charge in [-0.3, -0.25) is 14.5 Å². The van der Waals surface area contributed by atoms with Gasteiger partial charge >= 0.3 is 0 Å². The van der Waals surface area contributed by atoms with Crippen molar-refractivity contribution in [2.75, 3.05) is 37.1 Å². The Labute approximate surface area is 223 Å². The Morgan fingerprint density at radius 3 is 2.24 bits per heavy atom. The van der Waals surface area contributed by atoms with Gasteiger partial charge in [0.05, 0.1) is 24.8 Å². The number of carbonyl (C=O) groups excluding carboxylic acids is 2. The lowest BCUT2D eigenvalue weighted by atomic mass is 9.95. The van der Waals surface area contributed by atoms with Gasteiger partial charge in [0, 0.05) is 31.0 Å². The van der Waals surface area contributed by atoms with Crippen LogP contribution in [0.4, 0.5) is 11.4 Å². The molecule has 1 unspecified atom stereocenters. The van der Waals surface area contributed by atoms with Gasteiger partial charge in [0.15, 0.2) is 0 Å². The molecule has 0 spiro atoms. The van der Waals surface area contributed by atoms with E-state index in [1.54, 1.807) is 42.5 Å². The molecule has 0 bridgehead atoms. The van der Waals surface area contributed by atoms with E-state index < -0.39 is 17.7 Å². The Morgan fingerprint density at radius 2 is 1.63 bits per heavy atom. The molecular weight excluding hydrogens is 480 g/mol. The number of aliphatic hydroxyl groups is 1. The van der Waals surface area contributed by atoms with E-state index in [1.807, 2.05) is 56.3 Å². The maximum absolute atomic E-state index is 13.4. The van der Waals surface area contributed by atoms with E-state index in [4.69, 9.17) is 9.47 Å². The third-order valence-corrected chi connectivity index (χ3v) is 6.28. The number of benzene rings is 3. The third kappa shape index (κ3) is 5.52. The molecule has 0 saturated carbocycles.